The third-order valence-electron chi connectivity index (χ3n) is 10.8. The number of nitrogens with zero attached hydrogens (tertiary/aromatic N) is 1. The molecule has 6 atom stereocenters. The first-order valence-corrected chi connectivity index (χ1v) is 14.7. The van der Waals surface area contributed by atoms with Gasteiger partial charge in [0.1, 0.15) is 0 Å². The van der Waals surface area contributed by atoms with Gasteiger partial charge in [0.05, 0.1) is 0 Å². The standard InChI is InChI=1S/C34H47NO/c1-25(2)28-16-18-30-29(22-28)17-19-31-33(30,3)20-11-21-34(31,4)32(36)35(23-26-12-7-5-8-13-26)24-27-14-9-6-10-15-27/h5-10,12-15,25,28-31H,11,16-24H2,1-4H3/t28?,29?,30-,31?,33+,34+/m0/s1. The van der Waals surface area contributed by atoms with Crippen LogP contribution in [0.15, 0.2) is 60.7 Å². The molecule has 2 aromatic carbocycles. The summed E-state index contributed by atoms with van der Waals surface area (Å²) in [7, 11) is 0. The topological polar surface area (TPSA) is 20.3 Å². The Hall–Kier alpha value is -2.09. The second-order valence-electron chi connectivity index (χ2n) is 13.2. The quantitative estimate of drug-likeness (QED) is 0.401. The number of hydrogen-bond acceptors (Lipinski definition) is 1. The molecule has 0 heterocycles. The van der Waals surface area contributed by atoms with E-state index in [1.807, 2.05) is 0 Å². The molecule has 0 bridgehead atoms. The Morgan fingerprint density at radius 3 is 2.06 bits per heavy atom. The van der Waals surface area contributed by atoms with Gasteiger partial charge in [0.25, 0.3) is 0 Å². The van der Waals surface area contributed by atoms with E-state index in [9.17, 15) is 4.79 Å². The first-order valence-electron chi connectivity index (χ1n) is 14.7. The number of benzene rings is 2. The van der Waals surface area contributed by atoms with Crippen LogP contribution in [0.1, 0.15) is 90.2 Å². The lowest BCUT2D eigenvalue weighted by atomic mass is 9.43. The predicted molar refractivity (Wildman–Crippen MR) is 149 cm³/mol. The zero-order chi connectivity index (χ0) is 25.3. The molecule has 2 nitrogen and oxygen atoms in total. The summed E-state index contributed by atoms with van der Waals surface area (Å²) in [5.74, 6) is 4.26. The van der Waals surface area contributed by atoms with Gasteiger partial charge in [-0.15, -0.1) is 0 Å². The van der Waals surface area contributed by atoms with Crippen LogP contribution >= 0.6 is 0 Å². The lowest BCUT2D eigenvalue weighted by Gasteiger charge is -2.61. The van der Waals surface area contributed by atoms with Gasteiger partial charge in [-0.05, 0) is 91.1 Å². The molecular formula is C34H47NO. The molecule has 0 radical (unpaired) electrons. The number of carbonyl (C=O) groups excluding carboxylic acids is 1. The van der Waals surface area contributed by atoms with Crippen LogP contribution in [0.5, 0.6) is 0 Å². The Labute approximate surface area is 219 Å². The molecule has 0 N–H and O–H groups in total. The normalized spacial score (nSPS) is 34.0. The molecule has 194 valence electrons. The summed E-state index contributed by atoms with van der Waals surface area (Å²) in [6.07, 6.45) is 10.3. The fourth-order valence-electron chi connectivity index (χ4n) is 8.90. The molecular weight excluding hydrogens is 438 g/mol. The smallest absolute Gasteiger partial charge is 0.229 e. The number of rotatable bonds is 6. The Balaban J connectivity index is 1.42. The van der Waals surface area contributed by atoms with E-state index in [0.717, 1.165) is 30.1 Å². The molecule has 0 saturated heterocycles. The van der Waals surface area contributed by atoms with Gasteiger partial charge in [-0.25, -0.2) is 0 Å². The van der Waals surface area contributed by atoms with Crippen LogP contribution in [0, 0.1) is 40.4 Å². The maximum Gasteiger partial charge on any atom is 0.229 e. The highest BCUT2D eigenvalue weighted by Gasteiger charge is 2.59. The van der Waals surface area contributed by atoms with Crippen molar-refractivity contribution in [2.75, 3.05) is 0 Å². The predicted octanol–water partition coefficient (Wildman–Crippen LogP) is 8.51. The van der Waals surface area contributed by atoms with Crippen molar-refractivity contribution in [3.63, 3.8) is 0 Å². The fraction of sp³-hybridized carbons (Fsp3) is 0.618. The van der Waals surface area contributed by atoms with Crippen LogP contribution < -0.4 is 0 Å². The van der Waals surface area contributed by atoms with Crippen molar-refractivity contribution in [1.82, 2.24) is 4.90 Å². The lowest BCUT2D eigenvalue weighted by molar-refractivity contribution is -0.168. The van der Waals surface area contributed by atoms with Gasteiger partial charge in [-0.2, -0.15) is 0 Å². The summed E-state index contributed by atoms with van der Waals surface area (Å²) < 4.78 is 0. The van der Waals surface area contributed by atoms with E-state index in [1.54, 1.807) is 0 Å². The second-order valence-corrected chi connectivity index (χ2v) is 13.2. The van der Waals surface area contributed by atoms with Gasteiger partial charge in [0.15, 0.2) is 0 Å². The van der Waals surface area contributed by atoms with Crippen LogP contribution in [0.3, 0.4) is 0 Å². The number of carbonyl (C=O) groups is 1. The molecule has 3 saturated carbocycles. The zero-order valence-corrected chi connectivity index (χ0v) is 23.1. The van der Waals surface area contributed by atoms with E-state index in [2.05, 4.69) is 93.3 Å². The van der Waals surface area contributed by atoms with Crippen molar-refractivity contribution in [2.24, 2.45) is 40.4 Å². The van der Waals surface area contributed by atoms with Crippen molar-refractivity contribution >= 4 is 5.91 Å². The minimum atomic E-state index is -0.267. The molecule has 0 aromatic heterocycles. The van der Waals surface area contributed by atoms with E-state index in [1.165, 1.54) is 56.1 Å². The van der Waals surface area contributed by atoms with E-state index < -0.39 is 0 Å². The molecule has 36 heavy (non-hydrogen) atoms. The van der Waals surface area contributed by atoms with Crippen LogP contribution in [-0.2, 0) is 17.9 Å². The summed E-state index contributed by atoms with van der Waals surface area (Å²) in [6, 6.07) is 21.1. The highest BCUT2D eigenvalue weighted by Crippen LogP contribution is 2.64. The average molecular weight is 486 g/mol. The zero-order valence-electron chi connectivity index (χ0n) is 23.1. The molecule has 0 aliphatic heterocycles. The van der Waals surface area contributed by atoms with Crippen LogP contribution in [0.25, 0.3) is 0 Å². The van der Waals surface area contributed by atoms with E-state index in [0.29, 0.717) is 30.3 Å². The molecule has 3 aliphatic carbocycles. The molecule has 2 heteroatoms. The summed E-state index contributed by atoms with van der Waals surface area (Å²) >= 11 is 0. The molecule has 3 aliphatic rings. The lowest BCUT2D eigenvalue weighted by Crippen LogP contribution is -2.58. The first kappa shape index (κ1) is 25.6. The summed E-state index contributed by atoms with van der Waals surface area (Å²) in [5, 5.41) is 0. The average Bonchev–Trinajstić information content (AvgIpc) is 2.88. The third-order valence-corrected chi connectivity index (χ3v) is 10.8. The second kappa shape index (κ2) is 10.3. The van der Waals surface area contributed by atoms with Gasteiger partial charge in [0, 0.05) is 18.5 Å². The van der Waals surface area contributed by atoms with E-state index in [4.69, 9.17) is 0 Å². The summed E-state index contributed by atoms with van der Waals surface area (Å²) in [4.78, 5) is 16.8. The number of amides is 1. The number of hydrogen-bond donors (Lipinski definition) is 0. The van der Waals surface area contributed by atoms with Crippen LogP contribution in [0.4, 0.5) is 0 Å². The fourth-order valence-corrected chi connectivity index (χ4v) is 8.90. The SMILES string of the molecule is CC(C)C1CC[C@H]2C(CCC3[C@](C)(C(=O)N(Cc4ccccc4)Cc4ccccc4)CCC[C@@]32C)C1. The Morgan fingerprint density at radius 1 is 0.861 bits per heavy atom. The Bertz CT molecular complexity index is 974. The highest BCUT2D eigenvalue weighted by atomic mass is 16.2. The minimum Gasteiger partial charge on any atom is -0.334 e. The summed E-state index contributed by atoms with van der Waals surface area (Å²) in [6.45, 7) is 11.2. The monoisotopic (exact) mass is 485 g/mol. The molecule has 5 rings (SSSR count). The third kappa shape index (κ3) is 4.77. The molecule has 3 fully saturated rings. The van der Waals surface area contributed by atoms with Crippen molar-refractivity contribution in [2.45, 2.75) is 92.2 Å². The molecule has 2 aromatic rings. The maximum absolute atomic E-state index is 14.7. The van der Waals surface area contributed by atoms with Crippen molar-refractivity contribution in [3.8, 4) is 0 Å². The van der Waals surface area contributed by atoms with Crippen LogP contribution in [-0.4, -0.2) is 10.8 Å². The minimum absolute atomic E-state index is 0.267. The summed E-state index contributed by atoms with van der Waals surface area (Å²) in [5.41, 5.74) is 2.48. The van der Waals surface area contributed by atoms with Gasteiger partial charge in [0.2, 0.25) is 5.91 Å². The van der Waals surface area contributed by atoms with Crippen molar-refractivity contribution in [1.29, 1.82) is 0 Å². The van der Waals surface area contributed by atoms with Crippen molar-refractivity contribution < 1.29 is 4.79 Å². The molecule has 3 unspecified atom stereocenters. The Kier molecular flexibility index (Phi) is 7.34. The van der Waals surface area contributed by atoms with E-state index >= 15 is 0 Å². The van der Waals surface area contributed by atoms with Gasteiger partial charge >= 0.3 is 0 Å². The Morgan fingerprint density at radius 2 is 1.47 bits per heavy atom. The first-order chi connectivity index (χ1) is 17.3. The van der Waals surface area contributed by atoms with Crippen LogP contribution in [0.2, 0.25) is 0 Å². The molecule has 0 spiro atoms. The van der Waals surface area contributed by atoms with Crippen molar-refractivity contribution in [3.05, 3.63) is 71.8 Å². The molecule has 1 amide bonds. The highest BCUT2D eigenvalue weighted by molar-refractivity contribution is 5.83. The van der Waals surface area contributed by atoms with Gasteiger partial charge in [-0.3, -0.25) is 4.79 Å². The number of fused-ring (bicyclic) bond motifs is 3. The van der Waals surface area contributed by atoms with Gasteiger partial charge < -0.3 is 4.90 Å². The maximum atomic E-state index is 14.7. The van der Waals surface area contributed by atoms with E-state index in [-0.39, 0.29) is 5.41 Å². The largest absolute Gasteiger partial charge is 0.334 e. The van der Waals surface area contributed by atoms with Gasteiger partial charge in [-0.1, -0.05) is 94.8 Å².